The van der Waals surface area contributed by atoms with Gasteiger partial charge in [0, 0.05) is 32.8 Å². The molecule has 2 aliphatic carbocycles. The predicted molar refractivity (Wildman–Crippen MR) is 218 cm³/mol. The summed E-state index contributed by atoms with van der Waals surface area (Å²) >= 11 is 0. The van der Waals surface area contributed by atoms with Crippen molar-refractivity contribution < 1.29 is 4.74 Å². The third-order valence-corrected chi connectivity index (χ3v) is 11.3. The van der Waals surface area contributed by atoms with Crippen LogP contribution in [0.15, 0.2) is 169 Å². The molecule has 0 radical (unpaired) electrons. The first-order valence-electron chi connectivity index (χ1n) is 18.4. The van der Waals surface area contributed by atoms with Crippen LogP contribution in [0.4, 0.5) is 0 Å². The van der Waals surface area contributed by atoms with Crippen LogP contribution in [0.5, 0.6) is 11.5 Å². The Bertz CT molecular complexity index is 2700. The molecule has 1 spiro atoms. The number of ether oxygens (including phenoxy) is 1. The van der Waals surface area contributed by atoms with E-state index in [0.29, 0.717) is 0 Å². The van der Waals surface area contributed by atoms with Gasteiger partial charge in [0.1, 0.15) is 11.5 Å². The zero-order valence-electron chi connectivity index (χ0n) is 29.4. The summed E-state index contributed by atoms with van der Waals surface area (Å²) in [5.41, 5.74) is 11.1. The van der Waals surface area contributed by atoms with Crippen molar-refractivity contribution in [2.45, 2.75) is 32.1 Å². The van der Waals surface area contributed by atoms with E-state index in [4.69, 9.17) is 9.72 Å². The summed E-state index contributed by atoms with van der Waals surface area (Å²) in [5, 5.41) is 6.95. The molecule has 2 heteroatoms. The van der Waals surface area contributed by atoms with Crippen LogP contribution in [0.3, 0.4) is 0 Å². The molecule has 0 saturated heterocycles. The number of benzene rings is 6. The van der Waals surface area contributed by atoms with E-state index in [1.807, 2.05) is 0 Å². The van der Waals surface area contributed by atoms with Gasteiger partial charge < -0.3 is 4.74 Å². The van der Waals surface area contributed by atoms with E-state index in [1.165, 1.54) is 49.6 Å². The minimum Gasteiger partial charge on any atom is -0.455 e. The molecule has 2 nitrogen and oxygen atoms in total. The lowest BCUT2D eigenvalue weighted by Gasteiger charge is -2.41. The van der Waals surface area contributed by atoms with E-state index in [9.17, 15) is 0 Å². The highest BCUT2D eigenvalue weighted by Gasteiger charge is 2.51. The summed E-state index contributed by atoms with van der Waals surface area (Å²) < 4.78 is 7.13. The number of rotatable bonds is 4. The summed E-state index contributed by atoms with van der Waals surface area (Å²) in [6.07, 6.45) is 17.4. The van der Waals surface area contributed by atoms with E-state index in [1.54, 1.807) is 0 Å². The number of hydrogen-bond donors (Lipinski definition) is 0. The van der Waals surface area contributed by atoms with Gasteiger partial charge in [0.05, 0.1) is 16.8 Å². The number of fused-ring (bicyclic) bond motifs is 11. The summed E-state index contributed by atoms with van der Waals surface area (Å²) in [5.74, 6) is 1.88. The van der Waals surface area contributed by atoms with Crippen molar-refractivity contribution in [2.75, 3.05) is 0 Å². The van der Waals surface area contributed by atoms with Gasteiger partial charge in [0.15, 0.2) is 0 Å². The zero-order chi connectivity index (χ0) is 34.8. The smallest absolute Gasteiger partial charge is 0.140 e. The van der Waals surface area contributed by atoms with E-state index in [2.05, 4.69) is 178 Å². The van der Waals surface area contributed by atoms with Crippen LogP contribution < -0.4 is 4.74 Å². The maximum Gasteiger partial charge on any atom is 0.140 e. The standard InChI is InChI=1S/C50H37NO/c1-3-4-20-38-32(2)50(44-28-24-33-15-9-13-22-40(33)48(44)52-49-41-23-14-10-16-34(41)25-29-45(49)50)43-27-26-37(30-42(38)43)47-39-21-12-11-19-36(39)31-46(51-47)35-17-7-5-6-8-18-35/h4-5,7-31H,3,6H2,1-2H3/b20-4-. The van der Waals surface area contributed by atoms with Crippen LogP contribution in [-0.4, -0.2) is 4.98 Å². The van der Waals surface area contributed by atoms with Crippen LogP contribution >= 0.6 is 0 Å². The van der Waals surface area contributed by atoms with E-state index < -0.39 is 5.41 Å². The Morgan fingerprint density at radius 1 is 0.692 bits per heavy atom. The van der Waals surface area contributed by atoms with Gasteiger partial charge in [-0.1, -0.05) is 159 Å². The Morgan fingerprint density at radius 2 is 1.35 bits per heavy atom. The molecule has 1 aliphatic heterocycles. The Labute approximate surface area is 304 Å². The fourth-order valence-corrected chi connectivity index (χ4v) is 8.85. The second-order valence-electron chi connectivity index (χ2n) is 14.1. The molecule has 0 unspecified atom stereocenters. The molecule has 0 atom stereocenters. The molecule has 0 N–H and O–H groups in total. The summed E-state index contributed by atoms with van der Waals surface area (Å²) in [6.45, 7) is 4.55. The highest BCUT2D eigenvalue weighted by atomic mass is 16.5. The highest BCUT2D eigenvalue weighted by molar-refractivity contribution is 6.02. The molecule has 3 aliphatic rings. The minimum atomic E-state index is -0.544. The molecule has 52 heavy (non-hydrogen) atoms. The quantitative estimate of drug-likeness (QED) is 0.186. The van der Waals surface area contributed by atoms with Crippen molar-refractivity contribution in [3.05, 3.63) is 197 Å². The fourth-order valence-electron chi connectivity index (χ4n) is 8.85. The largest absolute Gasteiger partial charge is 0.455 e. The summed E-state index contributed by atoms with van der Waals surface area (Å²) in [4.78, 5) is 5.40. The molecule has 0 amide bonds. The first-order chi connectivity index (χ1) is 25.7. The van der Waals surface area contributed by atoms with Gasteiger partial charge in [-0.15, -0.1) is 0 Å². The summed E-state index contributed by atoms with van der Waals surface area (Å²) in [7, 11) is 0. The van der Waals surface area contributed by atoms with Gasteiger partial charge in [0.2, 0.25) is 0 Å². The van der Waals surface area contributed by atoms with Crippen molar-refractivity contribution in [3.8, 4) is 22.8 Å². The van der Waals surface area contributed by atoms with Crippen molar-refractivity contribution in [1.82, 2.24) is 4.98 Å². The van der Waals surface area contributed by atoms with Gasteiger partial charge in [-0.25, -0.2) is 4.98 Å². The number of pyridine rings is 1. The SMILES string of the molecule is CC/C=C\C1=C(C)C2(c3ccc(-c4nc(C5=CC=CCC=C5)cc5ccccc45)cc31)c1ccc3ccccc3c1Oc1c2ccc2ccccc12. The van der Waals surface area contributed by atoms with Gasteiger partial charge in [0.25, 0.3) is 0 Å². The van der Waals surface area contributed by atoms with Crippen LogP contribution in [0.25, 0.3) is 54.7 Å². The van der Waals surface area contributed by atoms with Gasteiger partial charge in [-0.05, 0) is 75.9 Å². The van der Waals surface area contributed by atoms with Crippen LogP contribution in [0.1, 0.15) is 54.6 Å². The van der Waals surface area contributed by atoms with Gasteiger partial charge in [-0.3, -0.25) is 0 Å². The number of allylic oxidation sites excluding steroid dienone is 10. The topological polar surface area (TPSA) is 22.1 Å². The Kier molecular flexibility index (Phi) is 7.01. The maximum atomic E-state index is 7.13. The lowest BCUT2D eigenvalue weighted by Crippen LogP contribution is -2.32. The molecule has 7 aromatic rings. The summed E-state index contributed by atoms with van der Waals surface area (Å²) in [6, 6.07) is 44.3. The van der Waals surface area contributed by atoms with Crippen LogP contribution in [-0.2, 0) is 5.41 Å². The van der Waals surface area contributed by atoms with E-state index in [0.717, 1.165) is 63.0 Å². The molecular formula is C50H37NO. The fraction of sp³-hybridized carbons (Fsp3) is 0.100. The third kappa shape index (κ3) is 4.40. The monoisotopic (exact) mass is 667 g/mol. The second-order valence-corrected chi connectivity index (χ2v) is 14.1. The van der Waals surface area contributed by atoms with Crippen LogP contribution in [0, 0.1) is 0 Å². The first-order valence-corrected chi connectivity index (χ1v) is 18.4. The normalized spacial score (nSPS) is 15.6. The zero-order valence-corrected chi connectivity index (χ0v) is 29.4. The molecule has 0 saturated carbocycles. The third-order valence-electron chi connectivity index (χ3n) is 11.3. The van der Waals surface area contributed by atoms with Crippen molar-refractivity contribution in [3.63, 3.8) is 0 Å². The molecule has 0 fully saturated rings. The number of aromatic nitrogens is 1. The van der Waals surface area contributed by atoms with Crippen molar-refractivity contribution in [2.24, 2.45) is 0 Å². The van der Waals surface area contributed by atoms with Gasteiger partial charge >= 0.3 is 0 Å². The molecule has 6 aromatic carbocycles. The average Bonchev–Trinajstić information content (AvgIpc) is 3.34. The Morgan fingerprint density at radius 3 is 2.06 bits per heavy atom. The number of nitrogens with zero attached hydrogens (tertiary/aromatic N) is 1. The van der Waals surface area contributed by atoms with Crippen molar-refractivity contribution in [1.29, 1.82) is 0 Å². The number of hydrogen-bond acceptors (Lipinski definition) is 2. The average molecular weight is 668 g/mol. The second kappa shape index (κ2) is 11.9. The molecule has 0 bridgehead atoms. The molecule has 2 heterocycles. The lowest BCUT2D eigenvalue weighted by atomic mass is 9.65. The molecular weight excluding hydrogens is 631 g/mol. The molecule has 1 aromatic heterocycles. The van der Waals surface area contributed by atoms with E-state index in [-0.39, 0.29) is 0 Å². The first kappa shape index (κ1) is 30.6. The highest BCUT2D eigenvalue weighted by Crippen LogP contribution is 2.63. The molecule has 248 valence electrons. The molecule has 10 rings (SSSR count). The van der Waals surface area contributed by atoms with Crippen molar-refractivity contribution >= 4 is 43.5 Å². The van der Waals surface area contributed by atoms with Crippen LogP contribution in [0.2, 0.25) is 0 Å². The minimum absolute atomic E-state index is 0.544. The predicted octanol–water partition coefficient (Wildman–Crippen LogP) is 13.3. The Hall–Kier alpha value is -6.25. The Balaban J connectivity index is 1.28. The lowest BCUT2D eigenvalue weighted by molar-refractivity contribution is 0.445. The maximum absolute atomic E-state index is 7.13. The van der Waals surface area contributed by atoms with Gasteiger partial charge in [-0.2, -0.15) is 0 Å². The van der Waals surface area contributed by atoms with E-state index >= 15 is 0 Å².